The molecule has 2 heteroatoms. The minimum absolute atomic E-state index is 0.115. The molecule has 2 nitrogen and oxygen atoms in total. The third-order valence-corrected chi connectivity index (χ3v) is 3.58. The van der Waals surface area contributed by atoms with Crippen molar-refractivity contribution < 1.29 is 4.79 Å². The van der Waals surface area contributed by atoms with Gasteiger partial charge in [0.25, 0.3) is 0 Å². The normalized spacial score (nSPS) is 11.5. The number of hydrogen-bond donors (Lipinski definition) is 1. The third-order valence-electron chi connectivity index (χ3n) is 3.58. The molecular weight excluding hydrogens is 270 g/mol. The van der Waals surface area contributed by atoms with Crippen LogP contribution >= 0.6 is 0 Å². The van der Waals surface area contributed by atoms with Crippen LogP contribution in [0.4, 0.5) is 0 Å². The standard InChI is InChI=1S/C20H25NO/c1-20(2,3)21-19(22)15-14-18(16-10-6-4-7-11-16)17-12-8-5-9-13-17/h4-13,18H,14-15H2,1-3H3,(H,21,22). The van der Waals surface area contributed by atoms with Crippen molar-refractivity contribution in [1.29, 1.82) is 0 Å². The highest BCUT2D eigenvalue weighted by molar-refractivity contribution is 5.76. The van der Waals surface area contributed by atoms with E-state index in [1.165, 1.54) is 11.1 Å². The zero-order valence-corrected chi connectivity index (χ0v) is 13.7. The van der Waals surface area contributed by atoms with Crippen LogP contribution in [0.5, 0.6) is 0 Å². The van der Waals surface area contributed by atoms with Crippen molar-refractivity contribution in [3.63, 3.8) is 0 Å². The Kier molecular flexibility index (Phi) is 5.37. The lowest BCUT2D eigenvalue weighted by Crippen LogP contribution is -2.40. The lowest BCUT2D eigenvalue weighted by Gasteiger charge is -2.22. The summed E-state index contributed by atoms with van der Waals surface area (Å²) in [5.74, 6) is 0.373. The summed E-state index contributed by atoms with van der Waals surface area (Å²) in [6.07, 6.45) is 1.35. The smallest absolute Gasteiger partial charge is 0.220 e. The first kappa shape index (κ1) is 16.3. The van der Waals surface area contributed by atoms with Crippen molar-refractivity contribution in [2.45, 2.75) is 45.1 Å². The Morgan fingerprint density at radius 1 is 0.909 bits per heavy atom. The zero-order chi connectivity index (χ0) is 16.0. The van der Waals surface area contributed by atoms with Gasteiger partial charge in [0.2, 0.25) is 5.91 Å². The fourth-order valence-corrected chi connectivity index (χ4v) is 2.65. The second-order valence-electron chi connectivity index (χ2n) is 6.71. The van der Waals surface area contributed by atoms with E-state index in [2.05, 4.69) is 53.8 Å². The van der Waals surface area contributed by atoms with E-state index in [1.54, 1.807) is 0 Å². The van der Waals surface area contributed by atoms with E-state index < -0.39 is 0 Å². The lowest BCUT2D eigenvalue weighted by molar-refractivity contribution is -0.122. The second kappa shape index (κ2) is 7.26. The number of nitrogens with one attached hydrogen (secondary N) is 1. The highest BCUT2D eigenvalue weighted by Gasteiger charge is 2.18. The Morgan fingerprint density at radius 3 is 1.77 bits per heavy atom. The second-order valence-corrected chi connectivity index (χ2v) is 6.71. The number of carbonyl (C=O) groups is 1. The minimum Gasteiger partial charge on any atom is -0.352 e. The molecule has 0 saturated heterocycles. The van der Waals surface area contributed by atoms with Gasteiger partial charge in [0, 0.05) is 17.9 Å². The van der Waals surface area contributed by atoms with Crippen LogP contribution in [-0.4, -0.2) is 11.4 Å². The van der Waals surface area contributed by atoms with E-state index in [9.17, 15) is 4.79 Å². The fourth-order valence-electron chi connectivity index (χ4n) is 2.65. The molecule has 1 N–H and O–H groups in total. The molecule has 0 spiro atoms. The number of carbonyl (C=O) groups excluding carboxylic acids is 1. The number of amides is 1. The largest absolute Gasteiger partial charge is 0.352 e. The first-order valence-electron chi connectivity index (χ1n) is 7.86. The summed E-state index contributed by atoms with van der Waals surface area (Å²) in [6.45, 7) is 6.03. The van der Waals surface area contributed by atoms with Gasteiger partial charge in [0.1, 0.15) is 0 Å². The topological polar surface area (TPSA) is 29.1 Å². The molecule has 0 fully saturated rings. The van der Waals surface area contributed by atoms with E-state index in [4.69, 9.17) is 0 Å². The summed E-state index contributed by atoms with van der Waals surface area (Å²) in [4.78, 5) is 12.1. The van der Waals surface area contributed by atoms with Crippen molar-refractivity contribution >= 4 is 5.91 Å². The van der Waals surface area contributed by atoms with Crippen LogP contribution in [0.3, 0.4) is 0 Å². The molecule has 0 heterocycles. The first-order chi connectivity index (χ1) is 10.5. The van der Waals surface area contributed by atoms with Gasteiger partial charge in [-0.3, -0.25) is 4.79 Å². The van der Waals surface area contributed by atoms with Gasteiger partial charge >= 0.3 is 0 Å². The minimum atomic E-state index is -0.175. The van der Waals surface area contributed by atoms with Gasteiger partial charge < -0.3 is 5.32 Å². The van der Waals surface area contributed by atoms with Crippen LogP contribution in [0.1, 0.15) is 50.7 Å². The van der Waals surface area contributed by atoms with Crippen molar-refractivity contribution in [3.8, 4) is 0 Å². The van der Waals surface area contributed by atoms with Crippen LogP contribution in [0.2, 0.25) is 0 Å². The van der Waals surface area contributed by atoms with Crippen LogP contribution in [0.15, 0.2) is 60.7 Å². The van der Waals surface area contributed by atoms with E-state index >= 15 is 0 Å². The van der Waals surface area contributed by atoms with E-state index in [1.807, 2.05) is 32.9 Å². The van der Waals surface area contributed by atoms with Gasteiger partial charge in [-0.1, -0.05) is 60.7 Å². The maximum absolute atomic E-state index is 12.1. The maximum atomic E-state index is 12.1. The van der Waals surface area contributed by atoms with Gasteiger partial charge in [0.05, 0.1) is 0 Å². The molecule has 0 atom stereocenters. The van der Waals surface area contributed by atoms with Crippen molar-refractivity contribution in [3.05, 3.63) is 71.8 Å². The molecule has 2 aromatic rings. The van der Waals surface area contributed by atoms with Crippen molar-refractivity contribution in [1.82, 2.24) is 5.32 Å². The Labute approximate surface area is 133 Å². The van der Waals surface area contributed by atoms with Gasteiger partial charge in [-0.25, -0.2) is 0 Å². The predicted octanol–water partition coefficient (Wildman–Crippen LogP) is 4.51. The van der Waals surface area contributed by atoms with Crippen LogP contribution < -0.4 is 5.32 Å². The SMILES string of the molecule is CC(C)(C)NC(=O)CCC(c1ccccc1)c1ccccc1. The molecule has 0 aromatic heterocycles. The predicted molar refractivity (Wildman–Crippen MR) is 91.9 cm³/mol. The van der Waals surface area contributed by atoms with Crippen molar-refractivity contribution in [2.75, 3.05) is 0 Å². The molecule has 22 heavy (non-hydrogen) atoms. The molecule has 0 unspecified atom stereocenters. The highest BCUT2D eigenvalue weighted by Crippen LogP contribution is 2.29. The van der Waals surface area contributed by atoms with E-state index in [0.29, 0.717) is 6.42 Å². The van der Waals surface area contributed by atoms with E-state index in [-0.39, 0.29) is 17.4 Å². The maximum Gasteiger partial charge on any atom is 0.220 e. The van der Waals surface area contributed by atoms with Crippen molar-refractivity contribution in [2.24, 2.45) is 0 Å². The number of rotatable bonds is 5. The number of benzene rings is 2. The third kappa shape index (κ3) is 5.03. The van der Waals surface area contributed by atoms with Gasteiger partial charge in [-0.2, -0.15) is 0 Å². The molecule has 2 aromatic carbocycles. The molecule has 0 bridgehead atoms. The Hall–Kier alpha value is -2.09. The summed E-state index contributed by atoms with van der Waals surface area (Å²) in [6, 6.07) is 20.8. The molecule has 1 amide bonds. The molecule has 0 aliphatic carbocycles. The molecule has 0 aliphatic heterocycles. The molecule has 0 radical (unpaired) electrons. The average Bonchev–Trinajstić information content (AvgIpc) is 2.48. The van der Waals surface area contributed by atoms with Crippen LogP contribution in [0, 0.1) is 0 Å². The number of hydrogen-bond acceptors (Lipinski definition) is 1. The Bertz CT molecular complexity index is 545. The van der Waals surface area contributed by atoms with E-state index in [0.717, 1.165) is 6.42 Å². The molecular formula is C20H25NO. The highest BCUT2D eigenvalue weighted by atomic mass is 16.1. The molecule has 116 valence electrons. The fraction of sp³-hybridized carbons (Fsp3) is 0.350. The van der Waals surface area contributed by atoms with Crippen LogP contribution in [-0.2, 0) is 4.79 Å². The van der Waals surface area contributed by atoms with Gasteiger partial charge in [0.15, 0.2) is 0 Å². The average molecular weight is 295 g/mol. The monoisotopic (exact) mass is 295 g/mol. The molecule has 2 rings (SSSR count). The lowest BCUT2D eigenvalue weighted by atomic mass is 9.87. The Balaban J connectivity index is 2.11. The summed E-state index contributed by atoms with van der Waals surface area (Å²) in [5.41, 5.74) is 2.35. The van der Waals surface area contributed by atoms with Gasteiger partial charge in [-0.15, -0.1) is 0 Å². The zero-order valence-electron chi connectivity index (χ0n) is 13.7. The summed E-state index contributed by atoms with van der Waals surface area (Å²) < 4.78 is 0. The summed E-state index contributed by atoms with van der Waals surface area (Å²) in [5, 5.41) is 3.04. The molecule has 0 aliphatic rings. The quantitative estimate of drug-likeness (QED) is 0.863. The summed E-state index contributed by atoms with van der Waals surface area (Å²) in [7, 11) is 0. The Morgan fingerprint density at radius 2 is 1.36 bits per heavy atom. The summed E-state index contributed by atoms with van der Waals surface area (Å²) >= 11 is 0. The molecule has 0 saturated carbocycles. The van der Waals surface area contributed by atoms with Crippen LogP contribution in [0.25, 0.3) is 0 Å². The van der Waals surface area contributed by atoms with Gasteiger partial charge in [-0.05, 0) is 38.3 Å². The first-order valence-corrected chi connectivity index (χ1v) is 7.86.